The number of anilines is 1. The summed E-state index contributed by atoms with van der Waals surface area (Å²) < 4.78 is 5.25. The van der Waals surface area contributed by atoms with Crippen LogP contribution in [0.4, 0.5) is 5.13 Å². The first-order valence-corrected chi connectivity index (χ1v) is 11.7. The highest BCUT2D eigenvalue weighted by Gasteiger charge is 2.31. The number of thiazole rings is 1. The molecule has 176 valence electrons. The van der Waals surface area contributed by atoms with Gasteiger partial charge in [0.2, 0.25) is 0 Å². The minimum absolute atomic E-state index is 0. The highest BCUT2D eigenvalue weighted by Crippen LogP contribution is 2.34. The Morgan fingerprint density at radius 3 is 2.36 bits per heavy atom. The molecule has 2 heterocycles. The van der Waals surface area contributed by atoms with Crippen molar-refractivity contribution in [2.45, 2.75) is 37.7 Å². The molecule has 2 aromatic carbocycles. The van der Waals surface area contributed by atoms with Crippen LogP contribution in [0.3, 0.4) is 0 Å². The predicted octanol–water partition coefficient (Wildman–Crippen LogP) is 4.72. The summed E-state index contributed by atoms with van der Waals surface area (Å²) in [7, 11) is 1.65. The first-order valence-electron chi connectivity index (χ1n) is 10.8. The molecule has 0 saturated carbocycles. The highest BCUT2D eigenvalue weighted by molar-refractivity contribution is 7.14. The zero-order chi connectivity index (χ0) is 22.8. The molecule has 1 amide bonds. The molecule has 0 unspecified atom stereocenters. The van der Waals surface area contributed by atoms with E-state index in [1.807, 2.05) is 41.8 Å². The van der Waals surface area contributed by atoms with Gasteiger partial charge in [0.1, 0.15) is 5.75 Å². The van der Waals surface area contributed by atoms with E-state index in [1.165, 1.54) is 11.3 Å². The van der Waals surface area contributed by atoms with Crippen LogP contribution in [-0.2, 0) is 11.0 Å². The fraction of sp³-hybridized carbons (Fsp3) is 0.360. The monoisotopic (exact) mass is 487 g/mol. The molecular weight excluding hydrogens is 458 g/mol. The average Bonchev–Trinajstić information content (AvgIpc) is 3.29. The van der Waals surface area contributed by atoms with E-state index in [1.54, 1.807) is 19.2 Å². The smallest absolute Gasteiger partial charge is 0.257 e. The number of ether oxygens (including phenoxy) is 1. The topological polar surface area (TPSA) is 83.5 Å². The van der Waals surface area contributed by atoms with Crippen LogP contribution in [0.1, 0.15) is 53.9 Å². The Balaban J connectivity index is 0.00000306. The number of carbonyl (C=O) groups is 1. The number of methoxy groups -OCH3 is 1. The van der Waals surface area contributed by atoms with Crippen molar-refractivity contribution in [3.05, 3.63) is 76.3 Å². The Morgan fingerprint density at radius 2 is 1.76 bits per heavy atom. The Labute approximate surface area is 204 Å². The van der Waals surface area contributed by atoms with Crippen LogP contribution in [0.5, 0.6) is 5.75 Å². The molecule has 0 spiro atoms. The first kappa shape index (κ1) is 25.2. The van der Waals surface area contributed by atoms with E-state index in [0.717, 1.165) is 35.7 Å². The number of hydrogen-bond acceptors (Lipinski definition) is 6. The maximum Gasteiger partial charge on any atom is 0.257 e. The number of benzene rings is 2. The van der Waals surface area contributed by atoms with Crippen molar-refractivity contribution >= 4 is 34.8 Å². The number of nitrogens with zero attached hydrogens (tertiary/aromatic N) is 1. The summed E-state index contributed by atoms with van der Waals surface area (Å²) in [6.07, 6.45) is 1.34. The number of aromatic nitrogens is 1. The minimum atomic E-state index is -0.822. The second-order valence-electron chi connectivity index (χ2n) is 8.70. The van der Waals surface area contributed by atoms with E-state index >= 15 is 0 Å². The fourth-order valence-corrected chi connectivity index (χ4v) is 4.88. The van der Waals surface area contributed by atoms with Crippen molar-refractivity contribution in [3.63, 3.8) is 0 Å². The Morgan fingerprint density at radius 1 is 1.12 bits per heavy atom. The summed E-state index contributed by atoms with van der Waals surface area (Å²) in [4.78, 5) is 17.4. The quantitative estimate of drug-likeness (QED) is 0.468. The van der Waals surface area contributed by atoms with Gasteiger partial charge in [-0.15, -0.1) is 23.7 Å². The van der Waals surface area contributed by atoms with Gasteiger partial charge in [0.05, 0.1) is 18.4 Å². The lowest BCUT2D eigenvalue weighted by Crippen LogP contribution is -2.39. The lowest BCUT2D eigenvalue weighted by molar-refractivity contribution is 0.00592. The van der Waals surface area contributed by atoms with Gasteiger partial charge in [-0.1, -0.05) is 38.1 Å². The van der Waals surface area contributed by atoms with E-state index < -0.39 is 5.60 Å². The number of rotatable bonds is 6. The van der Waals surface area contributed by atoms with Gasteiger partial charge in [-0.25, -0.2) is 4.98 Å². The van der Waals surface area contributed by atoms with Gasteiger partial charge >= 0.3 is 0 Å². The summed E-state index contributed by atoms with van der Waals surface area (Å²) in [5.74, 6) is 0.603. The average molecular weight is 488 g/mol. The third kappa shape index (κ3) is 5.38. The summed E-state index contributed by atoms with van der Waals surface area (Å²) >= 11 is 1.41. The van der Waals surface area contributed by atoms with Crippen molar-refractivity contribution in [3.8, 4) is 5.75 Å². The Bertz CT molecular complexity index is 1080. The molecule has 6 nitrogen and oxygen atoms in total. The number of nitrogens with one attached hydrogen (secondary N) is 2. The van der Waals surface area contributed by atoms with Crippen LogP contribution in [0.25, 0.3) is 0 Å². The van der Waals surface area contributed by atoms with Gasteiger partial charge in [-0.2, -0.15) is 0 Å². The van der Waals surface area contributed by atoms with Crippen LogP contribution in [0, 0.1) is 0 Å². The van der Waals surface area contributed by atoms with Gasteiger partial charge < -0.3 is 15.2 Å². The van der Waals surface area contributed by atoms with Gasteiger partial charge in [0.15, 0.2) is 5.13 Å². The van der Waals surface area contributed by atoms with Crippen molar-refractivity contribution < 1.29 is 14.6 Å². The molecule has 0 aliphatic carbocycles. The van der Waals surface area contributed by atoms with Crippen molar-refractivity contribution in [1.29, 1.82) is 0 Å². The van der Waals surface area contributed by atoms with Crippen LogP contribution >= 0.6 is 23.7 Å². The molecule has 3 N–H and O–H groups in total. The number of aliphatic hydroxyl groups is 1. The number of amides is 1. The Hall–Kier alpha value is -2.45. The maximum absolute atomic E-state index is 12.8. The zero-order valence-electron chi connectivity index (χ0n) is 19.1. The largest absolute Gasteiger partial charge is 0.497 e. The lowest BCUT2D eigenvalue weighted by atomic mass is 9.82. The lowest BCUT2D eigenvalue weighted by Gasteiger charge is -2.33. The molecule has 8 heteroatoms. The number of hydrogen-bond donors (Lipinski definition) is 3. The molecule has 1 fully saturated rings. The summed E-state index contributed by atoms with van der Waals surface area (Å²) in [6.45, 7) is 5.80. The van der Waals surface area contributed by atoms with Gasteiger partial charge in [0, 0.05) is 16.4 Å². The molecule has 3 aromatic rings. The van der Waals surface area contributed by atoms with Crippen LogP contribution < -0.4 is 15.4 Å². The molecule has 1 aromatic heterocycles. The number of piperidine rings is 1. The third-order valence-electron chi connectivity index (χ3n) is 6.29. The van der Waals surface area contributed by atoms with Crippen LogP contribution in [0.15, 0.2) is 53.9 Å². The maximum atomic E-state index is 12.8. The van der Waals surface area contributed by atoms with Crippen LogP contribution in [-0.4, -0.2) is 36.2 Å². The molecular formula is C25H30ClN3O3S. The van der Waals surface area contributed by atoms with Gasteiger partial charge in [0.25, 0.3) is 5.91 Å². The second-order valence-corrected chi connectivity index (χ2v) is 9.56. The van der Waals surface area contributed by atoms with E-state index in [-0.39, 0.29) is 23.7 Å². The first-order chi connectivity index (χ1) is 15.3. The van der Waals surface area contributed by atoms with E-state index in [0.29, 0.717) is 23.5 Å². The molecule has 0 atom stereocenters. The SMILES string of the molecule is COc1ccc(C(C)(C)c2csc(NC(=O)c3ccc(C4(O)CCNCC4)cc3)n2)cc1.Cl. The van der Waals surface area contributed by atoms with E-state index in [9.17, 15) is 9.90 Å². The van der Waals surface area contributed by atoms with Crippen molar-refractivity contribution in [2.75, 3.05) is 25.5 Å². The van der Waals surface area contributed by atoms with Crippen molar-refractivity contribution in [2.24, 2.45) is 0 Å². The minimum Gasteiger partial charge on any atom is -0.497 e. The van der Waals surface area contributed by atoms with Crippen LogP contribution in [0.2, 0.25) is 0 Å². The molecule has 1 aliphatic heterocycles. The van der Waals surface area contributed by atoms with E-state index in [4.69, 9.17) is 4.74 Å². The third-order valence-corrected chi connectivity index (χ3v) is 7.05. The van der Waals surface area contributed by atoms with Crippen molar-refractivity contribution in [1.82, 2.24) is 10.3 Å². The fourth-order valence-electron chi connectivity index (χ4n) is 4.00. The highest BCUT2D eigenvalue weighted by atomic mass is 35.5. The predicted molar refractivity (Wildman–Crippen MR) is 135 cm³/mol. The molecule has 33 heavy (non-hydrogen) atoms. The summed E-state index contributed by atoms with van der Waals surface area (Å²) in [6, 6.07) is 15.2. The molecule has 1 aliphatic rings. The molecule has 0 radical (unpaired) electrons. The molecule has 1 saturated heterocycles. The normalized spacial score (nSPS) is 15.4. The Kier molecular flexibility index (Phi) is 7.80. The molecule has 0 bridgehead atoms. The standard InChI is InChI=1S/C25H29N3O3S.ClH/c1-24(2,18-8-10-20(31-3)11-9-18)21-16-32-23(27-21)28-22(29)17-4-6-19(7-5-17)25(30)12-14-26-15-13-25;/h4-11,16,26,30H,12-15H2,1-3H3,(H,27,28,29);1H. The van der Waals surface area contributed by atoms with Gasteiger partial charge in [-0.3, -0.25) is 10.1 Å². The second kappa shape index (κ2) is 10.2. The summed E-state index contributed by atoms with van der Waals surface area (Å²) in [5.41, 5.74) is 2.28. The zero-order valence-corrected chi connectivity index (χ0v) is 20.7. The van der Waals surface area contributed by atoms with E-state index in [2.05, 4.69) is 29.5 Å². The van der Waals surface area contributed by atoms with Gasteiger partial charge in [-0.05, 0) is 61.3 Å². The number of carbonyl (C=O) groups excluding carboxylic acids is 1. The molecule has 4 rings (SSSR count). The summed E-state index contributed by atoms with van der Waals surface area (Å²) in [5, 5.41) is 19.6. The number of halogens is 1.